The van der Waals surface area contributed by atoms with Crippen LogP contribution in [-0.4, -0.2) is 41.8 Å². The van der Waals surface area contributed by atoms with E-state index in [2.05, 4.69) is 6.58 Å². The van der Waals surface area contributed by atoms with E-state index in [1.54, 1.807) is 48.4 Å². The van der Waals surface area contributed by atoms with E-state index in [1.807, 2.05) is 6.08 Å². The first-order valence-corrected chi connectivity index (χ1v) is 8.21. The molecule has 1 spiro atoms. The van der Waals surface area contributed by atoms with Gasteiger partial charge in [-0.2, -0.15) is 0 Å². The third-order valence-corrected chi connectivity index (χ3v) is 5.45. The zero-order chi connectivity index (χ0) is 17.8. The molecule has 1 N–H and O–H groups in total. The minimum atomic E-state index is -0.997. The second-order valence-electron chi connectivity index (χ2n) is 6.58. The molecule has 0 aliphatic carbocycles. The van der Waals surface area contributed by atoms with E-state index in [4.69, 9.17) is 9.47 Å². The quantitative estimate of drug-likeness (QED) is 0.829. The highest BCUT2D eigenvalue weighted by Crippen LogP contribution is 2.56. The van der Waals surface area contributed by atoms with Crippen LogP contribution in [0.4, 0.5) is 5.69 Å². The minimum absolute atomic E-state index is 0.212. The van der Waals surface area contributed by atoms with Crippen LogP contribution in [0.25, 0.3) is 0 Å². The van der Waals surface area contributed by atoms with Crippen LogP contribution in [-0.2, 0) is 14.3 Å². The molecular weight excluding hydrogens is 322 g/mol. The number of aliphatic carboxylic acids is 1. The van der Waals surface area contributed by atoms with Crippen LogP contribution in [0.2, 0.25) is 0 Å². The smallest absolute Gasteiger partial charge is 0.310 e. The summed E-state index contributed by atoms with van der Waals surface area (Å²) in [5.74, 6) is -2.09. The average Bonchev–Trinajstić information content (AvgIpc) is 3.24. The van der Waals surface area contributed by atoms with Gasteiger partial charge in [0.15, 0.2) is 0 Å². The molecule has 0 aromatic heterocycles. The summed E-state index contributed by atoms with van der Waals surface area (Å²) in [6, 6.07) is 6.85. The molecule has 130 valence electrons. The van der Waals surface area contributed by atoms with Crippen molar-refractivity contribution in [1.29, 1.82) is 0 Å². The number of methoxy groups -OCH3 is 1. The monoisotopic (exact) mass is 341 g/mol. The van der Waals surface area contributed by atoms with Crippen LogP contribution < -0.4 is 9.64 Å². The van der Waals surface area contributed by atoms with Crippen LogP contribution >= 0.6 is 0 Å². The molecule has 2 fully saturated rings. The van der Waals surface area contributed by atoms with E-state index < -0.39 is 29.5 Å². The number of carbonyl (C=O) groups excluding carboxylic acids is 1. The van der Waals surface area contributed by atoms with Crippen molar-refractivity contribution >= 4 is 17.6 Å². The summed E-state index contributed by atoms with van der Waals surface area (Å²) in [6.45, 7) is 3.80. The van der Waals surface area contributed by atoms with Gasteiger partial charge in [0.2, 0.25) is 5.91 Å². The Hall–Kier alpha value is -2.60. The van der Waals surface area contributed by atoms with E-state index >= 15 is 0 Å². The first-order chi connectivity index (χ1) is 12.0. The molecular formula is C19H19NO5. The van der Waals surface area contributed by atoms with Gasteiger partial charge in [-0.05, 0) is 30.7 Å². The lowest BCUT2D eigenvalue weighted by molar-refractivity contribution is -0.146. The number of carboxylic acid groups (broad SMARTS) is 1. The predicted molar refractivity (Wildman–Crippen MR) is 90.4 cm³/mol. The topological polar surface area (TPSA) is 76.1 Å². The summed E-state index contributed by atoms with van der Waals surface area (Å²) in [5, 5.41) is 9.62. The number of carbonyl (C=O) groups is 2. The fourth-order valence-corrected chi connectivity index (χ4v) is 4.43. The van der Waals surface area contributed by atoms with E-state index in [0.29, 0.717) is 17.9 Å². The Balaban J connectivity index is 1.80. The highest BCUT2D eigenvalue weighted by molar-refractivity contribution is 6.03. The van der Waals surface area contributed by atoms with Gasteiger partial charge in [0, 0.05) is 5.69 Å². The number of hydrogen-bond acceptors (Lipinski definition) is 4. The molecule has 3 heterocycles. The molecule has 2 bridgehead atoms. The molecule has 2 saturated heterocycles. The number of carboxylic acids is 1. The van der Waals surface area contributed by atoms with E-state index in [9.17, 15) is 14.7 Å². The zero-order valence-electron chi connectivity index (χ0n) is 13.8. The number of fused-ring (bicyclic) bond motifs is 1. The molecule has 25 heavy (non-hydrogen) atoms. The number of anilines is 1. The van der Waals surface area contributed by atoms with Gasteiger partial charge < -0.3 is 19.5 Å². The molecule has 1 aromatic rings. The van der Waals surface area contributed by atoms with Gasteiger partial charge in [0.25, 0.3) is 0 Å². The second-order valence-corrected chi connectivity index (χ2v) is 6.58. The predicted octanol–water partition coefficient (Wildman–Crippen LogP) is 2.01. The van der Waals surface area contributed by atoms with Gasteiger partial charge in [-0.25, -0.2) is 0 Å². The molecule has 0 saturated carbocycles. The SMILES string of the molecule is C=CC[C@@H]1N(c2ccc(OC)cc2)C(=O)[C@@H]2[C@H](C(=O)O)[C@H]3C=C[C@]21O3. The van der Waals surface area contributed by atoms with Crippen molar-refractivity contribution in [3.63, 3.8) is 0 Å². The van der Waals surface area contributed by atoms with Crippen LogP contribution in [0.1, 0.15) is 6.42 Å². The Labute approximate surface area is 145 Å². The molecule has 0 unspecified atom stereocenters. The molecule has 3 aliphatic heterocycles. The summed E-state index contributed by atoms with van der Waals surface area (Å²) in [6.07, 6.45) is 5.35. The molecule has 0 radical (unpaired) electrons. The van der Waals surface area contributed by atoms with Crippen molar-refractivity contribution < 1.29 is 24.2 Å². The highest BCUT2D eigenvalue weighted by Gasteiger charge is 2.71. The zero-order valence-corrected chi connectivity index (χ0v) is 13.8. The Morgan fingerprint density at radius 3 is 2.76 bits per heavy atom. The van der Waals surface area contributed by atoms with E-state index in [1.165, 1.54) is 0 Å². The lowest BCUT2D eigenvalue weighted by Gasteiger charge is -2.32. The van der Waals surface area contributed by atoms with Crippen LogP contribution in [0.3, 0.4) is 0 Å². The van der Waals surface area contributed by atoms with Crippen molar-refractivity contribution in [3.05, 3.63) is 49.1 Å². The van der Waals surface area contributed by atoms with Crippen molar-refractivity contribution in [2.45, 2.75) is 24.2 Å². The lowest BCUT2D eigenvalue weighted by Crippen LogP contribution is -2.45. The first-order valence-electron chi connectivity index (χ1n) is 8.21. The van der Waals surface area contributed by atoms with Crippen molar-refractivity contribution in [3.8, 4) is 5.75 Å². The molecule has 4 rings (SSSR count). The first kappa shape index (κ1) is 15.9. The van der Waals surface area contributed by atoms with Crippen LogP contribution in [0.5, 0.6) is 5.75 Å². The van der Waals surface area contributed by atoms with Gasteiger partial charge in [-0.3, -0.25) is 9.59 Å². The number of rotatable bonds is 5. The van der Waals surface area contributed by atoms with E-state index in [0.717, 1.165) is 0 Å². The van der Waals surface area contributed by atoms with Gasteiger partial charge in [0.05, 0.1) is 25.2 Å². The van der Waals surface area contributed by atoms with Crippen molar-refractivity contribution in [2.75, 3.05) is 12.0 Å². The van der Waals surface area contributed by atoms with Gasteiger partial charge in [0.1, 0.15) is 17.3 Å². The summed E-state index contributed by atoms with van der Waals surface area (Å²) in [5.41, 5.74) is -0.204. The third kappa shape index (κ3) is 2.00. The number of amides is 1. The largest absolute Gasteiger partial charge is 0.497 e. The van der Waals surface area contributed by atoms with E-state index in [-0.39, 0.29) is 11.9 Å². The molecule has 1 amide bonds. The summed E-state index contributed by atoms with van der Waals surface area (Å²) in [7, 11) is 1.58. The summed E-state index contributed by atoms with van der Waals surface area (Å²) >= 11 is 0. The Morgan fingerprint density at radius 1 is 1.44 bits per heavy atom. The van der Waals surface area contributed by atoms with Crippen LogP contribution in [0, 0.1) is 11.8 Å². The average molecular weight is 341 g/mol. The maximum atomic E-state index is 13.2. The lowest BCUT2D eigenvalue weighted by atomic mass is 9.74. The second kappa shape index (κ2) is 5.46. The summed E-state index contributed by atoms with van der Waals surface area (Å²) < 4.78 is 11.2. The fourth-order valence-electron chi connectivity index (χ4n) is 4.43. The maximum absolute atomic E-state index is 13.2. The third-order valence-electron chi connectivity index (χ3n) is 5.45. The summed E-state index contributed by atoms with van der Waals surface area (Å²) in [4.78, 5) is 26.6. The maximum Gasteiger partial charge on any atom is 0.310 e. The van der Waals surface area contributed by atoms with Gasteiger partial charge in [-0.15, -0.1) is 6.58 Å². The minimum Gasteiger partial charge on any atom is -0.497 e. The normalized spacial score (nSPS) is 35.1. The standard InChI is InChI=1S/C19H19NO5/c1-3-4-14-19-10-9-13(25-19)15(18(22)23)16(19)17(21)20(14)11-5-7-12(24-2)8-6-11/h3,5-10,13-16H,1,4H2,2H3,(H,22,23)/t13-,14+,15-,16+,19-/m1/s1. The molecule has 5 atom stereocenters. The Morgan fingerprint density at radius 2 is 2.16 bits per heavy atom. The van der Waals surface area contributed by atoms with Crippen molar-refractivity contribution in [2.24, 2.45) is 11.8 Å². The number of benzene rings is 1. The molecule has 6 nitrogen and oxygen atoms in total. The molecule has 6 heteroatoms. The highest BCUT2D eigenvalue weighted by atomic mass is 16.5. The Bertz CT molecular complexity index is 771. The van der Waals surface area contributed by atoms with Gasteiger partial charge in [-0.1, -0.05) is 18.2 Å². The van der Waals surface area contributed by atoms with Crippen molar-refractivity contribution in [1.82, 2.24) is 0 Å². The molecule has 3 aliphatic rings. The molecule has 1 aromatic carbocycles. The number of ether oxygens (including phenoxy) is 2. The number of nitrogens with zero attached hydrogens (tertiary/aromatic N) is 1. The van der Waals surface area contributed by atoms with Gasteiger partial charge >= 0.3 is 5.97 Å². The number of hydrogen-bond donors (Lipinski definition) is 1. The Kier molecular flexibility index (Phi) is 3.47. The fraction of sp³-hybridized carbons (Fsp3) is 0.368. The van der Waals surface area contributed by atoms with Crippen LogP contribution in [0.15, 0.2) is 49.1 Å².